The Kier molecular flexibility index (Phi) is 9.33. The van der Waals surface area contributed by atoms with Gasteiger partial charge in [0.05, 0.1) is 24.3 Å². The fourth-order valence-electron chi connectivity index (χ4n) is 3.93. The minimum Gasteiger partial charge on any atom is -0.481 e. The number of carboxylic acids is 1. The van der Waals surface area contributed by atoms with Crippen molar-refractivity contribution in [1.82, 2.24) is 0 Å². The molecule has 0 fully saturated rings. The van der Waals surface area contributed by atoms with E-state index in [1.165, 1.54) is 30.2 Å². The molecule has 2 aromatic rings. The van der Waals surface area contributed by atoms with Crippen LogP contribution in [0, 0.1) is 5.92 Å². The molecule has 0 bridgehead atoms. The zero-order valence-corrected chi connectivity index (χ0v) is 21.6. The summed E-state index contributed by atoms with van der Waals surface area (Å²) >= 11 is 2.82. The first-order valence-corrected chi connectivity index (χ1v) is 13.2. The van der Waals surface area contributed by atoms with Crippen molar-refractivity contribution in [2.45, 2.75) is 62.5 Å². The fourth-order valence-corrected chi connectivity index (χ4v) is 6.34. The highest BCUT2D eigenvalue weighted by Gasteiger charge is 2.30. The van der Waals surface area contributed by atoms with Crippen molar-refractivity contribution in [3.05, 3.63) is 40.3 Å². The van der Waals surface area contributed by atoms with E-state index in [0.29, 0.717) is 28.6 Å². The van der Waals surface area contributed by atoms with E-state index in [0.717, 1.165) is 34.6 Å². The zero-order valence-electron chi connectivity index (χ0n) is 20.0. The third kappa shape index (κ3) is 7.08. The lowest BCUT2D eigenvalue weighted by Gasteiger charge is -2.18. The molecule has 0 spiro atoms. The molecule has 1 aliphatic carbocycles. The fraction of sp³-hybridized carbons (Fsp3) is 0.440. The molecule has 0 aliphatic heterocycles. The summed E-state index contributed by atoms with van der Waals surface area (Å²) in [5.74, 6) is -1.51. The number of nitrogens with one attached hydrogen (secondary N) is 2. The van der Waals surface area contributed by atoms with Crippen LogP contribution in [0.25, 0.3) is 0 Å². The first-order valence-electron chi connectivity index (χ1n) is 11.5. The summed E-state index contributed by atoms with van der Waals surface area (Å²) in [6, 6.07) is 7.08. The highest BCUT2D eigenvalue weighted by atomic mass is 32.2. The SMILES string of the molecule is CCC(Sc1cccc(NC(=O)CCC(=O)O)c1)C(=O)Nc1sc2c(c1C(=O)OC)CCC(C)C2. The number of rotatable bonds is 10. The average Bonchev–Trinajstić information content (AvgIpc) is 3.17. The molecule has 3 rings (SSSR count). The van der Waals surface area contributed by atoms with Crippen LogP contribution in [0.3, 0.4) is 0 Å². The van der Waals surface area contributed by atoms with E-state index in [9.17, 15) is 19.2 Å². The molecule has 2 atom stereocenters. The number of esters is 1. The van der Waals surface area contributed by atoms with Crippen LogP contribution >= 0.6 is 23.1 Å². The zero-order chi connectivity index (χ0) is 25.5. The van der Waals surface area contributed by atoms with Gasteiger partial charge in [0.15, 0.2) is 0 Å². The minimum atomic E-state index is -1.03. The molecule has 3 N–H and O–H groups in total. The summed E-state index contributed by atoms with van der Waals surface area (Å²) in [7, 11) is 1.35. The highest BCUT2D eigenvalue weighted by molar-refractivity contribution is 8.00. The van der Waals surface area contributed by atoms with Crippen LogP contribution in [0.4, 0.5) is 10.7 Å². The molecule has 10 heteroatoms. The van der Waals surface area contributed by atoms with Gasteiger partial charge in [-0.05, 0) is 55.4 Å². The van der Waals surface area contributed by atoms with Gasteiger partial charge in [-0.25, -0.2) is 4.79 Å². The molecule has 0 saturated heterocycles. The van der Waals surface area contributed by atoms with Crippen molar-refractivity contribution < 1.29 is 29.0 Å². The van der Waals surface area contributed by atoms with Gasteiger partial charge in [0.25, 0.3) is 0 Å². The molecular formula is C25H30N2O6S2. The monoisotopic (exact) mass is 518 g/mol. The Hall–Kier alpha value is -2.85. The van der Waals surface area contributed by atoms with Crippen LogP contribution in [-0.2, 0) is 32.0 Å². The van der Waals surface area contributed by atoms with Crippen molar-refractivity contribution in [2.24, 2.45) is 5.92 Å². The normalized spacial score (nSPS) is 15.6. The van der Waals surface area contributed by atoms with Crippen molar-refractivity contribution >= 4 is 57.5 Å². The second-order valence-corrected chi connectivity index (χ2v) is 10.9. The van der Waals surface area contributed by atoms with E-state index >= 15 is 0 Å². The molecule has 1 aromatic heterocycles. The lowest BCUT2D eigenvalue weighted by molar-refractivity contribution is -0.138. The third-order valence-corrected chi connectivity index (χ3v) is 8.29. The van der Waals surface area contributed by atoms with E-state index < -0.39 is 17.2 Å². The number of thioether (sulfide) groups is 1. The van der Waals surface area contributed by atoms with Crippen LogP contribution in [0.2, 0.25) is 0 Å². The van der Waals surface area contributed by atoms with Crippen LogP contribution < -0.4 is 10.6 Å². The summed E-state index contributed by atoms with van der Waals surface area (Å²) in [5, 5.41) is 14.5. The molecule has 188 valence electrons. The number of ether oxygens (including phenoxy) is 1. The molecule has 1 heterocycles. The summed E-state index contributed by atoms with van der Waals surface area (Å²) in [5.41, 5.74) is 2.00. The molecule has 2 unspecified atom stereocenters. The quantitative estimate of drug-likeness (QED) is 0.300. The van der Waals surface area contributed by atoms with Gasteiger partial charge < -0.3 is 20.5 Å². The summed E-state index contributed by atoms with van der Waals surface area (Å²) in [6.07, 6.45) is 2.88. The van der Waals surface area contributed by atoms with Crippen molar-refractivity contribution in [3.63, 3.8) is 0 Å². The molecule has 2 amide bonds. The van der Waals surface area contributed by atoms with Crippen LogP contribution in [0.15, 0.2) is 29.2 Å². The second-order valence-electron chi connectivity index (χ2n) is 8.52. The first-order chi connectivity index (χ1) is 16.7. The van der Waals surface area contributed by atoms with E-state index in [4.69, 9.17) is 9.84 Å². The Morgan fingerprint density at radius 1 is 1.23 bits per heavy atom. The number of amides is 2. The maximum absolute atomic E-state index is 13.2. The largest absolute Gasteiger partial charge is 0.481 e. The summed E-state index contributed by atoms with van der Waals surface area (Å²) < 4.78 is 5.01. The number of anilines is 2. The molecule has 1 aromatic carbocycles. The van der Waals surface area contributed by atoms with Gasteiger partial charge >= 0.3 is 11.9 Å². The number of aliphatic carboxylic acids is 1. The topological polar surface area (TPSA) is 122 Å². The number of carboxylic acid groups (broad SMARTS) is 1. The number of hydrogen-bond acceptors (Lipinski definition) is 7. The van der Waals surface area contributed by atoms with Crippen LogP contribution in [-0.4, -0.2) is 41.2 Å². The predicted octanol–water partition coefficient (Wildman–Crippen LogP) is 4.97. The molecule has 35 heavy (non-hydrogen) atoms. The van der Waals surface area contributed by atoms with Gasteiger partial charge in [-0.1, -0.05) is 19.9 Å². The lowest BCUT2D eigenvalue weighted by atomic mass is 9.88. The molecule has 0 saturated carbocycles. The van der Waals surface area contributed by atoms with Crippen molar-refractivity contribution in [3.8, 4) is 0 Å². The molecule has 8 nitrogen and oxygen atoms in total. The Morgan fingerprint density at radius 3 is 2.69 bits per heavy atom. The smallest absolute Gasteiger partial charge is 0.341 e. The highest BCUT2D eigenvalue weighted by Crippen LogP contribution is 2.40. The number of fused-ring (bicyclic) bond motifs is 1. The van der Waals surface area contributed by atoms with Crippen molar-refractivity contribution in [2.75, 3.05) is 17.7 Å². The predicted molar refractivity (Wildman–Crippen MR) is 137 cm³/mol. The van der Waals surface area contributed by atoms with Gasteiger partial charge in [-0.2, -0.15) is 0 Å². The Morgan fingerprint density at radius 2 is 2.00 bits per heavy atom. The summed E-state index contributed by atoms with van der Waals surface area (Å²) in [6.45, 7) is 4.10. The van der Waals surface area contributed by atoms with Gasteiger partial charge in [0, 0.05) is 21.9 Å². The Labute approximate surface area is 212 Å². The van der Waals surface area contributed by atoms with Crippen molar-refractivity contribution in [1.29, 1.82) is 0 Å². The molecule has 0 radical (unpaired) electrons. The van der Waals surface area contributed by atoms with Gasteiger partial charge in [0.2, 0.25) is 11.8 Å². The number of carbonyl (C=O) groups excluding carboxylic acids is 3. The number of benzene rings is 1. The molecular weight excluding hydrogens is 488 g/mol. The van der Waals surface area contributed by atoms with E-state index in [1.54, 1.807) is 18.2 Å². The lowest BCUT2D eigenvalue weighted by Crippen LogP contribution is -2.25. The van der Waals surface area contributed by atoms with E-state index in [1.807, 2.05) is 13.0 Å². The third-order valence-electron chi connectivity index (χ3n) is 5.76. The van der Waals surface area contributed by atoms with Gasteiger partial charge in [-0.15, -0.1) is 23.1 Å². The van der Waals surface area contributed by atoms with Gasteiger partial charge in [-0.3, -0.25) is 14.4 Å². The average molecular weight is 519 g/mol. The molecule has 1 aliphatic rings. The standard InChI is InChI=1S/C25H30N2O6S2/c1-4-18(34-16-7-5-6-15(13-16)26-20(28)10-11-21(29)30)23(31)27-24-22(25(32)33-3)17-9-8-14(2)12-19(17)35-24/h5-7,13-14,18H,4,8-12H2,1-3H3,(H,26,28)(H,27,31)(H,29,30). The number of carbonyl (C=O) groups is 4. The second kappa shape index (κ2) is 12.2. The number of methoxy groups -OCH3 is 1. The van der Waals surface area contributed by atoms with Crippen LogP contribution in [0.5, 0.6) is 0 Å². The van der Waals surface area contributed by atoms with E-state index in [2.05, 4.69) is 17.6 Å². The van der Waals surface area contributed by atoms with E-state index in [-0.39, 0.29) is 24.7 Å². The van der Waals surface area contributed by atoms with Crippen LogP contribution in [0.1, 0.15) is 60.3 Å². The number of hydrogen-bond donors (Lipinski definition) is 3. The maximum atomic E-state index is 13.2. The Bertz CT molecular complexity index is 1110. The Balaban J connectivity index is 1.72. The van der Waals surface area contributed by atoms with Gasteiger partial charge in [0.1, 0.15) is 5.00 Å². The maximum Gasteiger partial charge on any atom is 0.341 e. The minimum absolute atomic E-state index is 0.112. The first kappa shape index (κ1) is 26.7. The summed E-state index contributed by atoms with van der Waals surface area (Å²) in [4.78, 5) is 50.3. The number of thiophene rings is 1.